The fourth-order valence-electron chi connectivity index (χ4n) is 2.27. The summed E-state index contributed by atoms with van der Waals surface area (Å²) >= 11 is 0. The van der Waals surface area contributed by atoms with Crippen molar-refractivity contribution in [3.8, 4) is 0 Å². The Labute approximate surface area is 103 Å². The van der Waals surface area contributed by atoms with Crippen molar-refractivity contribution in [2.24, 2.45) is 5.92 Å². The molecule has 3 heteroatoms. The number of benzene rings is 1. The summed E-state index contributed by atoms with van der Waals surface area (Å²) in [6, 6.07) is 6.28. The first-order valence-electron chi connectivity index (χ1n) is 6.25. The number of hydrogen-bond donors (Lipinski definition) is 1. The van der Waals surface area contributed by atoms with E-state index in [9.17, 15) is 4.79 Å². The quantitative estimate of drug-likeness (QED) is 0.850. The van der Waals surface area contributed by atoms with Gasteiger partial charge in [0.1, 0.15) is 0 Å². The molecule has 1 aliphatic rings. The molecule has 0 saturated heterocycles. The predicted octanol–water partition coefficient (Wildman–Crippen LogP) is 2.66. The smallest absolute Gasteiger partial charge is 0.229 e. The van der Waals surface area contributed by atoms with Gasteiger partial charge in [-0.3, -0.25) is 4.79 Å². The number of carbonyl (C=O) groups is 1. The lowest BCUT2D eigenvalue weighted by molar-refractivity contribution is -0.121. The highest BCUT2D eigenvalue weighted by Crippen LogP contribution is 2.30. The highest BCUT2D eigenvalue weighted by atomic mass is 16.2. The fraction of sp³-hybridized carbons (Fsp3) is 0.500. The minimum absolute atomic E-state index is 0.0548. The molecule has 3 nitrogen and oxygen atoms in total. The van der Waals surface area contributed by atoms with Gasteiger partial charge in [-0.2, -0.15) is 0 Å². The maximum Gasteiger partial charge on any atom is 0.229 e. The SMILES string of the molecule is CNc1ccc2c(c1)N(C(=O)C(C)C)CCC2. The van der Waals surface area contributed by atoms with E-state index in [1.54, 1.807) is 0 Å². The van der Waals surface area contributed by atoms with Gasteiger partial charge in [0.25, 0.3) is 0 Å². The van der Waals surface area contributed by atoms with E-state index in [2.05, 4.69) is 23.5 Å². The van der Waals surface area contributed by atoms with Gasteiger partial charge < -0.3 is 10.2 Å². The molecule has 1 N–H and O–H groups in total. The van der Waals surface area contributed by atoms with Gasteiger partial charge in [0.15, 0.2) is 0 Å². The van der Waals surface area contributed by atoms with Crippen LogP contribution in [0.2, 0.25) is 0 Å². The van der Waals surface area contributed by atoms with Gasteiger partial charge in [-0.25, -0.2) is 0 Å². The number of rotatable bonds is 2. The lowest BCUT2D eigenvalue weighted by Gasteiger charge is -2.31. The van der Waals surface area contributed by atoms with Gasteiger partial charge in [-0.1, -0.05) is 19.9 Å². The zero-order valence-corrected chi connectivity index (χ0v) is 10.8. The summed E-state index contributed by atoms with van der Waals surface area (Å²) < 4.78 is 0. The number of amides is 1. The molecule has 1 aromatic carbocycles. The molecular weight excluding hydrogens is 212 g/mol. The second-order valence-electron chi connectivity index (χ2n) is 4.84. The summed E-state index contributed by atoms with van der Waals surface area (Å²) in [5.41, 5.74) is 3.43. The predicted molar refractivity (Wildman–Crippen MR) is 71.5 cm³/mol. The minimum atomic E-state index is 0.0548. The summed E-state index contributed by atoms with van der Waals surface area (Å²) in [5, 5.41) is 3.13. The number of anilines is 2. The molecule has 17 heavy (non-hydrogen) atoms. The Morgan fingerprint density at radius 1 is 1.41 bits per heavy atom. The van der Waals surface area contributed by atoms with Crippen LogP contribution in [0.1, 0.15) is 25.8 Å². The Kier molecular flexibility index (Phi) is 3.36. The Hall–Kier alpha value is -1.51. The molecule has 0 aliphatic carbocycles. The molecule has 2 rings (SSSR count). The Morgan fingerprint density at radius 3 is 2.82 bits per heavy atom. The number of hydrogen-bond acceptors (Lipinski definition) is 2. The van der Waals surface area contributed by atoms with Crippen LogP contribution in [0.15, 0.2) is 18.2 Å². The summed E-state index contributed by atoms with van der Waals surface area (Å²) in [4.78, 5) is 14.1. The number of nitrogens with zero attached hydrogens (tertiary/aromatic N) is 1. The summed E-state index contributed by atoms with van der Waals surface area (Å²) in [7, 11) is 1.90. The van der Waals surface area contributed by atoms with Crippen LogP contribution < -0.4 is 10.2 Å². The van der Waals surface area contributed by atoms with Crippen molar-refractivity contribution >= 4 is 17.3 Å². The van der Waals surface area contributed by atoms with Gasteiger partial charge in [-0.05, 0) is 30.5 Å². The summed E-state index contributed by atoms with van der Waals surface area (Å²) in [6.07, 6.45) is 2.13. The largest absolute Gasteiger partial charge is 0.388 e. The van der Waals surface area contributed by atoms with Crippen LogP contribution in [0.3, 0.4) is 0 Å². The second-order valence-corrected chi connectivity index (χ2v) is 4.84. The molecule has 92 valence electrons. The topological polar surface area (TPSA) is 32.3 Å². The van der Waals surface area contributed by atoms with Crippen molar-refractivity contribution in [3.63, 3.8) is 0 Å². The number of nitrogens with one attached hydrogen (secondary N) is 1. The van der Waals surface area contributed by atoms with Gasteiger partial charge in [0, 0.05) is 30.9 Å². The van der Waals surface area contributed by atoms with Crippen molar-refractivity contribution in [3.05, 3.63) is 23.8 Å². The molecule has 0 aromatic heterocycles. The van der Waals surface area contributed by atoms with Crippen molar-refractivity contribution < 1.29 is 4.79 Å². The molecule has 1 aromatic rings. The molecule has 0 bridgehead atoms. The van der Waals surface area contributed by atoms with Crippen LogP contribution in [-0.2, 0) is 11.2 Å². The van der Waals surface area contributed by atoms with Crippen LogP contribution in [0.25, 0.3) is 0 Å². The van der Waals surface area contributed by atoms with Crippen LogP contribution in [0.4, 0.5) is 11.4 Å². The van der Waals surface area contributed by atoms with Gasteiger partial charge >= 0.3 is 0 Å². The molecular formula is C14H20N2O. The van der Waals surface area contributed by atoms with Crippen molar-refractivity contribution in [1.82, 2.24) is 0 Å². The third kappa shape index (κ3) is 2.28. The zero-order chi connectivity index (χ0) is 12.4. The Balaban J connectivity index is 2.38. The van der Waals surface area contributed by atoms with E-state index >= 15 is 0 Å². The third-order valence-electron chi connectivity index (χ3n) is 3.25. The van der Waals surface area contributed by atoms with E-state index in [1.807, 2.05) is 25.8 Å². The Bertz CT molecular complexity index is 426. The maximum absolute atomic E-state index is 12.2. The highest BCUT2D eigenvalue weighted by molar-refractivity contribution is 5.96. The molecule has 0 unspecified atom stereocenters. The molecule has 0 spiro atoms. The lowest BCUT2D eigenvalue weighted by atomic mass is 9.99. The summed E-state index contributed by atoms with van der Waals surface area (Å²) in [5.74, 6) is 0.276. The first-order chi connectivity index (χ1) is 8.13. The van der Waals surface area contributed by atoms with Gasteiger partial charge in [-0.15, -0.1) is 0 Å². The molecule has 0 atom stereocenters. The second kappa shape index (κ2) is 4.78. The average molecular weight is 232 g/mol. The molecule has 1 heterocycles. The Morgan fingerprint density at radius 2 is 2.18 bits per heavy atom. The molecule has 1 aliphatic heterocycles. The van der Waals surface area contributed by atoms with E-state index in [4.69, 9.17) is 0 Å². The van der Waals surface area contributed by atoms with Gasteiger partial charge in [0.2, 0.25) is 5.91 Å². The van der Waals surface area contributed by atoms with Crippen LogP contribution in [-0.4, -0.2) is 19.5 Å². The van der Waals surface area contributed by atoms with Gasteiger partial charge in [0.05, 0.1) is 0 Å². The number of fused-ring (bicyclic) bond motifs is 1. The monoisotopic (exact) mass is 232 g/mol. The summed E-state index contributed by atoms with van der Waals surface area (Å²) in [6.45, 7) is 4.76. The normalized spacial score (nSPS) is 14.7. The van der Waals surface area contributed by atoms with Crippen LogP contribution >= 0.6 is 0 Å². The third-order valence-corrected chi connectivity index (χ3v) is 3.25. The van der Waals surface area contributed by atoms with E-state index < -0.39 is 0 Å². The average Bonchev–Trinajstić information content (AvgIpc) is 2.36. The first kappa shape index (κ1) is 12.0. The molecule has 0 saturated carbocycles. The standard InChI is InChI=1S/C14H20N2O/c1-10(2)14(17)16-8-4-5-11-6-7-12(15-3)9-13(11)16/h6-7,9-10,15H,4-5,8H2,1-3H3. The molecule has 1 amide bonds. The van der Waals surface area contributed by atoms with Crippen molar-refractivity contribution in [2.75, 3.05) is 23.8 Å². The number of aryl methyl sites for hydroxylation is 1. The van der Waals surface area contributed by atoms with E-state index in [1.165, 1.54) is 5.56 Å². The number of carbonyl (C=O) groups excluding carboxylic acids is 1. The maximum atomic E-state index is 12.2. The minimum Gasteiger partial charge on any atom is -0.388 e. The van der Waals surface area contributed by atoms with E-state index in [0.717, 1.165) is 30.8 Å². The van der Waals surface area contributed by atoms with Crippen molar-refractivity contribution in [1.29, 1.82) is 0 Å². The first-order valence-corrected chi connectivity index (χ1v) is 6.25. The van der Waals surface area contributed by atoms with Crippen molar-refractivity contribution in [2.45, 2.75) is 26.7 Å². The van der Waals surface area contributed by atoms with Crippen LogP contribution in [0.5, 0.6) is 0 Å². The lowest BCUT2D eigenvalue weighted by Crippen LogP contribution is -2.38. The fourth-order valence-corrected chi connectivity index (χ4v) is 2.27. The highest BCUT2D eigenvalue weighted by Gasteiger charge is 2.24. The molecule has 0 radical (unpaired) electrons. The van der Waals surface area contributed by atoms with E-state index in [-0.39, 0.29) is 11.8 Å². The zero-order valence-electron chi connectivity index (χ0n) is 10.8. The van der Waals surface area contributed by atoms with E-state index in [0.29, 0.717) is 0 Å². The van der Waals surface area contributed by atoms with Crippen LogP contribution in [0, 0.1) is 5.92 Å². The molecule has 0 fully saturated rings.